The first-order valence-electron chi connectivity index (χ1n) is 7.30. The summed E-state index contributed by atoms with van der Waals surface area (Å²) in [7, 11) is 0. The fraction of sp³-hybridized carbons (Fsp3) is 0.533. The van der Waals surface area contributed by atoms with Crippen molar-refractivity contribution in [3.05, 3.63) is 23.8 Å². The molecule has 1 aliphatic heterocycles. The van der Waals surface area contributed by atoms with Crippen LogP contribution in [-0.2, 0) is 4.79 Å². The van der Waals surface area contributed by atoms with E-state index in [1.165, 1.54) is 12.8 Å². The number of nitrogens with zero attached hydrogens (tertiary/aromatic N) is 1. The lowest BCUT2D eigenvalue weighted by molar-refractivity contribution is -0.117. The molecule has 0 aromatic heterocycles. The van der Waals surface area contributed by atoms with Gasteiger partial charge < -0.3 is 20.6 Å². The normalized spacial score (nSPS) is 20.7. The lowest BCUT2D eigenvalue weighted by atomic mass is 10.1. The van der Waals surface area contributed by atoms with Gasteiger partial charge in [0, 0.05) is 29.5 Å². The molecule has 0 saturated heterocycles. The van der Waals surface area contributed by atoms with Crippen molar-refractivity contribution in [1.82, 2.24) is 5.32 Å². The maximum atomic E-state index is 11.9. The molecule has 1 fully saturated rings. The summed E-state index contributed by atoms with van der Waals surface area (Å²) in [5.74, 6) is 0.0131. The Kier molecular flexibility index (Phi) is 3.63. The van der Waals surface area contributed by atoms with Gasteiger partial charge in [0.1, 0.15) is 6.04 Å². The van der Waals surface area contributed by atoms with Crippen LogP contribution < -0.4 is 15.5 Å². The van der Waals surface area contributed by atoms with E-state index in [0.29, 0.717) is 12.6 Å². The molecule has 5 heteroatoms. The van der Waals surface area contributed by atoms with Crippen LogP contribution in [0.1, 0.15) is 31.4 Å². The average Bonchev–Trinajstić information content (AvgIpc) is 3.22. The average molecular weight is 275 g/mol. The van der Waals surface area contributed by atoms with Crippen molar-refractivity contribution < 1.29 is 9.90 Å². The van der Waals surface area contributed by atoms with Crippen LogP contribution in [0.4, 0.5) is 11.4 Å². The molecule has 1 heterocycles. The zero-order valence-electron chi connectivity index (χ0n) is 11.7. The highest BCUT2D eigenvalue weighted by atomic mass is 16.3. The van der Waals surface area contributed by atoms with Crippen LogP contribution in [0.3, 0.4) is 0 Å². The second-order valence-electron chi connectivity index (χ2n) is 5.40. The van der Waals surface area contributed by atoms with Crippen molar-refractivity contribution in [2.24, 2.45) is 0 Å². The van der Waals surface area contributed by atoms with Crippen molar-refractivity contribution in [2.45, 2.75) is 31.8 Å². The Labute approximate surface area is 119 Å². The number of aliphatic hydroxyl groups is 1. The molecule has 20 heavy (non-hydrogen) atoms. The summed E-state index contributed by atoms with van der Waals surface area (Å²) >= 11 is 0. The van der Waals surface area contributed by atoms with Gasteiger partial charge in [0.05, 0.1) is 6.61 Å². The molecule has 1 aromatic carbocycles. The minimum absolute atomic E-state index is 0.0131. The SMILES string of the molecule is CCNC1C(=O)Nc2cc(N(CCO)C3CC3)ccc21. The molecule has 1 aromatic rings. The molecule has 1 atom stereocenters. The maximum absolute atomic E-state index is 11.9. The fourth-order valence-electron chi connectivity index (χ4n) is 2.85. The molecule has 0 spiro atoms. The van der Waals surface area contributed by atoms with Crippen molar-refractivity contribution in [3.63, 3.8) is 0 Å². The highest BCUT2D eigenvalue weighted by Crippen LogP contribution is 2.37. The summed E-state index contributed by atoms with van der Waals surface area (Å²) in [6.07, 6.45) is 2.37. The van der Waals surface area contributed by atoms with Crippen LogP contribution in [0.2, 0.25) is 0 Å². The molecule has 3 rings (SSSR count). The van der Waals surface area contributed by atoms with Crippen LogP contribution in [0.25, 0.3) is 0 Å². The van der Waals surface area contributed by atoms with Gasteiger partial charge >= 0.3 is 0 Å². The van der Waals surface area contributed by atoms with Gasteiger partial charge in [-0.3, -0.25) is 4.79 Å². The number of aliphatic hydroxyl groups excluding tert-OH is 1. The van der Waals surface area contributed by atoms with Gasteiger partial charge in [0.25, 0.3) is 0 Å². The fourth-order valence-corrected chi connectivity index (χ4v) is 2.85. The second-order valence-corrected chi connectivity index (χ2v) is 5.40. The highest BCUT2D eigenvalue weighted by Gasteiger charge is 2.32. The lowest BCUT2D eigenvalue weighted by Crippen LogP contribution is -2.28. The first-order chi connectivity index (χ1) is 9.74. The Morgan fingerprint density at radius 2 is 2.25 bits per heavy atom. The van der Waals surface area contributed by atoms with E-state index >= 15 is 0 Å². The van der Waals surface area contributed by atoms with E-state index in [2.05, 4.69) is 21.6 Å². The molecular weight excluding hydrogens is 254 g/mol. The third kappa shape index (κ3) is 2.39. The van der Waals surface area contributed by atoms with E-state index in [1.54, 1.807) is 0 Å². The first kappa shape index (κ1) is 13.4. The molecule has 3 N–H and O–H groups in total. The number of likely N-dealkylation sites (N-methyl/N-ethyl adjacent to an activating group) is 1. The second kappa shape index (κ2) is 5.42. The van der Waals surface area contributed by atoms with E-state index in [-0.39, 0.29) is 18.6 Å². The molecule has 1 saturated carbocycles. The van der Waals surface area contributed by atoms with Gasteiger partial charge in [0.15, 0.2) is 0 Å². The lowest BCUT2D eigenvalue weighted by Gasteiger charge is -2.24. The summed E-state index contributed by atoms with van der Waals surface area (Å²) in [4.78, 5) is 14.2. The number of fused-ring (bicyclic) bond motifs is 1. The Morgan fingerprint density at radius 3 is 2.90 bits per heavy atom. The van der Waals surface area contributed by atoms with Crippen LogP contribution in [0, 0.1) is 0 Å². The van der Waals surface area contributed by atoms with Crippen LogP contribution in [0.15, 0.2) is 18.2 Å². The molecule has 1 amide bonds. The van der Waals surface area contributed by atoms with Crippen LogP contribution in [-0.4, -0.2) is 36.8 Å². The molecule has 108 valence electrons. The first-order valence-corrected chi connectivity index (χ1v) is 7.30. The summed E-state index contributed by atoms with van der Waals surface area (Å²) < 4.78 is 0. The third-order valence-corrected chi connectivity index (χ3v) is 3.94. The van der Waals surface area contributed by atoms with E-state index in [9.17, 15) is 9.90 Å². The number of benzene rings is 1. The Balaban J connectivity index is 1.86. The van der Waals surface area contributed by atoms with Crippen molar-refractivity contribution >= 4 is 17.3 Å². The van der Waals surface area contributed by atoms with Crippen LogP contribution in [0.5, 0.6) is 0 Å². The Hall–Kier alpha value is -1.59. The predicted molar refractivity (Wildman–Crippen MR) is 78.9 cm³/mol. The minimum Gasteiger partial charge on any atom is -0.395 e. The standard InChI is InChI=1S/C15H21N3O2/c1-2-16-14-12-6-5-11(9-13(12)17-15(14)20)18(7-8-19)10-3-4-10/h5-6,9-10,14,16,19H,2-4,7-8H2,1H3,(H,17,20). The van der Waals surface area contributed by atoms with Gasteiger partial charge in [0.2, 0.25) is 5.91 Å². The molecular formula is C15H21N3O2. The summed E-state index contributed by atoms with van der Waals surface area (Å²) in [6.45, 7) is 3.56. The van der Waals surface area contributed by atoms with Gasteiger partial charge in [-0.2, -0.15) is 0 Å². The van der Waals surface area contributed by atoms with Crippen LogP contribution >= 0.6 is 0 Å². The number of anilines is 2. The summed E-state index contributed by atoms with van der Waals surface area (Å²) in [5.41, 5.74) is 2.99. The van der Waals surface area contributed by atoms with E-state index in [1.807, 2.05) is 19.1 Å². The largest absolute Gasteiger partial charge is 0.395 e. The molecule has 5 nitrogen and oxygen atoms in total. The summed E-state index contributed by atoms with van der Waals surface area (Å²) in [6, 6.07) is 6.40. The maximum Gasteiger partial charge on any atom is 0.246 e. The van der Waals surface area contributed by atoms with E-state index in [0.717, 1.165) is 23.5 Å². The topological polar surface area (TPSA) is 64.6 Å². The van der Waals surface area contributed by atoms with E-state index in [4.69, 9.17) is 0 Å². The van der Waals surface area contributed by atoms with Crippen molar-refractivity contribution in [3.8, 4) is 0 Å². The Bertz CT molecular complexity index is 514. The van der Waals surface area contributed by atoms with Crippen molar-refractivity contribution in [1.29, 1.82) is 0 Å². The Morgan fingerprint density at radius 1 is 1.45 bits per heavy atom. The summed E-state index contributed by atoms with van der Waals surface area (Å²) in [5, 5.41) is 15.3. The van der Waals surface area contributed by atoms with Gasteiger partial charge in [-0.1, -0.05) is 13.0 Å². The number of carbonyl (C=O) groups excluding carboxylic acids is 1. The predicted octanol–water partition coefficient (Wildman–Crippen LogP) is 1.25. The number of hydrogen-bond donors (Lipinski definition) is 3. The number of nitrogens with one attached hydrogen (secondary N) is 2. The highest BCUT2D eigenvalue weighted by molar-refractivity contribution is 6.03. The number of hydrogen-bond acceptors (Lipinski definition) is 4. The molecule has 2 aliphatic rings. The molecule has 1 aliphatic carbocycles. The number of amides is 1. The monoisotopic (exact) mass is 275 g/mol. The number of rotatable bonds is 6. The van der Waals surface area contributed by atoms with Gasteiger partial charge in [-0.15, -0.1) is 0 Å². The number of carbonyl (C=O) groups is 1. The van der Waals surface area contributed by atoms with Gasteiger partial charge in [-0.05, 0) is 31.5 Å². The zero-order valence-corrected chi connectivity index (χ0v) is 11.7. The quantitative estimate of drug-likeness (QED) is 0.731. The molecule has 1 unspecified atom stereocenters. The van der Waals surface area contributed by atoms with Gasteiger partial charge in [-0.25, -0.2) is 0 Å². The smallest absolute Gasteiger partial charge is 0.246 e. The third-order valence-electron chi connectivity index (χ3n) is 3.94. The zero-order chi connectivity index (χ0) is 14.1. The van der Waals surface area contributed by atoms with Crippen molar-refractivity contribution in [2.75, 3.05) is 29.9 Å². The molecule has 0 bridgehead atoms. The molecule has 0 radical (unpaired) electrons. The van der Waals surface area contributed by atoms with E-state index < -0.39 is 0 Å². The minimum atomic E-state index is -0.240.